The number of methoxy groups -OCH3 is 2. The van der Waals surface area contributed by atoms with Gasteiger partial charge in [0, 0.05) is 13.2 Å². The zero-order valence-electron chi connectivity index (χ0n) is 12.5. The molecule has 0 unspecified atom stereocenters. The maximum absolute atomic E-state index is 12.2. The summed E-state index contributed by atoms with van der Waals surface area (Å²) in [6, 6.07) is 5.45. The topological polar surface area (TPSA) is 67.8 Å². The largest absolute Gasteiger partial charge is 0.493 e. The summed E-state index contributed by atoms with van der Waals surface area (Å²) in [5.41, 5.74) is 0.159. The number of carbonyl (C=O) groups excluding carboxylic acids is 1. The lowest BCUT2D eigenvalue weighted by molar-refractivity contribution is -0.125. The number of hydrogen-bond donors (Lipinski definition) is 2. The molecule has 0 saturated carbocycles. The van der Waals surface area contributed by atoms with Gasteiger partial charge in [-0.15, -0.1) is 0 Å². The Bertz CT molecular complexity index is 457. The van der Waals surface area contributed by atoms with Gasteiger partial charge in [-0.1, -0.05) is 6.07 Å². The van der Waals surface area contributed by atoms with Gasteiger partial charge in [-0.25, -0.2) is 0 Å². The van der Waals surface area contributed by atoms with Crippen molar-refractivity contribution in [2.45, 2.75) is 25.7 Å². The van der Waals surface area contributed by atoms with Crippen molar-refractivity contribution in [2.75, 3.05) is 27.4 Å². The van der Waals surface area contributed by atoms with Crippen molar-refractivity contribution < 1.29 is 19.4 Å². The molecule has 1 aromatic carbocycles. The van der Waals surface area contributed by atoms with Gasteiger partial charge in [0.25, 0.3) is 0 Å². The molecule has 1 aromatic rings. The Morgan fingerprint density at radius 1 is 1.25 bits per heavy atom. The Kier molecular flexibility index (Phi) is 5.82. The number of nitrogens with one attached hydrogen (secondary N) is 1. The summed E-state index contributed by atoms with van der Waals surface area (Å²) in [6.45, 7) is 4.23. The van der Waals surface area contributed by atoms with Gasteiger partial charge in [0.2, 0.25) is 5.91 Å². The summed E-state index contributed by atoms with van der Waals surface area (Å²) in [6.07, 6.45) is 0.549. The summed E-state index contributed by atoms with van der Waals surface area (Å²) >= 11 is 0. The fourth-order valence-electron chi connectivity index (χ4n) is 1.86. The van der Waals surface area contributed by atoms with Crippen LogP contribution in [-0.2, 0) is 10.2 Å². The van der Waals surface area contributed by atoms with Crippen LogP contribution in [0.25, 0.3) is 0 Å². The summed E-state index contributed by atoms with van der Waals surface area (Å²) in [4.78, 5) is 12.2. The average molecular weight is 281 g/mol. The van der Waals surface area contributed by atoms with Crippen molar-refractivity contribution in [1.82, 2.24) is 5.32 Å². The predicted molar refractivity (Wildman–Crippen MR) is 77.3 cm³/mol. The Labute approximate surface area is 119 Å². The minimum absolute atomic E-state index is 0.0665. The minimum atomic E-state index is -0.686. The molecular weight excluding hydrogens is 258 g/mol. The lowest BCUT2D eigenvalue weighted by Crippen LogP contribution is -2.40. The highest BCUT2D eigenvalue weighted by molar-refractivity contribution is 5.87. The quantitative estimate of drug-likeness (QED) is 0.743. The fourth-order valence-corrected chi connectivity index (χ4v) is 1.86. The van der Waals surface area contributed by atoms with Gasteiger partial charge in [-0.3, -0.25) is 4.79 Å². The van der Waals surface area contributed by atoms with Crippen LogP contribution in [-0.4, -0.2) is 38.4 Å². The van der Waals surface area contributed by atoms with Crippen molar-refractivity contribution in [3.8, 4) is 11.5 Å². The summed E-state index contributed by atoms with van der Waals surface area (Å²) in [5, 5.41) is 11.6. The maximum atomic E-state index is 12.2. The molecule has 0 heterocycles. The van der Waals surface area contributed by atoms with E-state index < -0.39 is 5.41 Å². The molecule has 0 atom stereocenters. The minimum Gasteiger partial charge on any atom is -0.493 e. The van der Waals surface area contributed by atoms with E-state index in [-0.39, 0.29) is 12.5 Å². The van der Waals surface area contributed by atoms with Crippen LogP contribution in [0.5, 0.6) is 11.5 Å². The smallest absolute Gasteiger partial charge is 0.230 e. The number of aliphatic hydroxyl groups excluding tert-OH is 1. The Hall–Kier alpha value is -1.75. The molecule has 0 spiro atoms. The number of amides is 1. The molecule has 1 rings (SSSR count). The van der Waals surface area contributed by atoms with Gasteiger partial charge in [-0.2, -0.15) is 0 Å². The first-order chi connectivity index (χ1) is 9.47. The van der Waals surface area contributed by atoms with Crippen molar-refractivity contribution >= 4 is 5.91 Å². The molecule has 0 aliphatic heterocycles. The third-order valence-electron chi connectivity index (χ3n) is 3.29. The second-order valence-corrected chi connectivity index (χ2v) is 5.03. The van der Waals surface area contributed by atoms with E-state index in [4.69, 9.17) is 14.6 Å². The molecule has 112 valence electrons. The Morgan fingerprint density at radius 2 is 1.90 bits per heavy atom. The van der Waals surface area contributed by atoms with Gasteiger partial charge < -0.3 is 19.9 Å². The zero-order chi connectivity index (χ0) is 15.2. The van der Waals surface area contributed by atoms with E-state index in [0.29, 0.717) is 24.5 Å². The van der Waals surface area contributed by atoms with E-state index in [0.717, 1.165) is 5.56 Å². The van der Waals surface area contributed by atoms with Crippen molar-refractivity contribution in [2.24, 2.45) is 0 Å². The van der Waals surface area contributed by atoms with Crippen molar-refractivity contribution in [1.29, 1.82) is 0 Å². The predicted octanol–water partition coefficient (Wildman–Crippen LogP) is 1.48. The first-order valence-electron chi connectivity index (χ1n) is 6.59. The molecule has 1 amide bonds. The first kappa shape index (κ1) is 16.3. The van der Waals surface area contributed by atoms with E-state index in [1.54, 1.807) is 20.3 Å². The van der Waals surface area contributed by atoms with Crippen LogP contribution in [0.1, 0.15) is 25.8 Å². The summed E-state index contributed by atoms with van der Waals surface area (Å²) in [7, 11) is 3.14. The van der Waals surface area contributed by atoms with Gasteiger partial charge >= 0.3 is 0 Å². The lowest BCUT2D eigenvalue weighted by atomic mass is 9.83. The molecule has 0 aliphatic rings. The van der Waals surface area contributed by atoms with E-state index >= 15 is 0 Å². The number of aliphatic hydroxyl groups is 1. The monoisotopic (exact) mass is 281 g/mol. The van der Waals surface area contributed by atoms with Crippen LogP contribution >= 0.6 is 0 Å². The molecule has 5 nitrogen and oxygen atoms in total. The lowest BCUT2D eigenvalue weighted by Gasteiger charge is -2.25. The molecule has 0 bridgehead atoms. The molecule has 5 heteroatoms. The Balaban J connectivity index is 2.93. The van der Waals surface area contributed by atoms with Gasteiger partial charge in [0.1, 0.15) is 0 Å². The number of ether oxygens (including phenoxy) is 2. The molecule has 2 N–H and O–H groups in total. The van der Waals surface area contributed by atoms with E-state index in [2.05, 4.69) is 5.32 Å². The van der Waals surface area contributed by atoms with Crippen LogP contribution < -0.4 is 14.8 Å². The van der Waals surface area contributed by atoms with Gasteiger partial charge in [0.05, 0.1) is 19.6 Å². The molecule has 0 aromatic heterocycles. The number of benzene rings is 1. The van der Waals surface area contributed by atoms with Gasteiger partial charge in [0.15, 0.2) is 11.5 Å². The zero-order valence-corrected chi connectivity index (χ0v) is 12.5. The summed E-state index contributed by atoms with van der Waals surface area (Å²) in [5.74, 6) is 1.15. The fraction of sp³-hybridized carbons (Fsp3) is 0.533. The third kappa shape index (κ3) is 3.63. The van der Waals surface area contributed by atoms with E-state index in [1.807, 2.05) is 26.0 Å². The maximum Gasteiger partial charge on any atom is 0.230 e. The van der Waals surface area contributed by atoms with Crippen LogP contribution in [0.15, 0.2) is 18.2 Å². The third-order valence-corrected chi connectivity index (χ3v) is 3.29. The first-order valence-corrected chi connectivity index (χ1v) is 6.59. The molecule has 0 saturated heterocycles. The molecule has 20 heavy (non-hydrogen) atoms. The summed E-state index contributed by atoms with van der Waals surface area (Å²) < 4.78 is 10.5. The van der Waals surface area contributed by atoms with Crippen molar-refractivity contribution in [3.63, 3.8) is 0 Å². The molecular formula is C15H23NO4. The van der Waals surface area contributed by atoms with E-state index in [9.17, 15) is 4.79 Å². The molecule has 0 fully saturated rings. The van der Waals surface area contributed by atoms with Crippen LogP contribution in [0.2, 0.25) is 0 Å². The highest BCUT2D eigenvalue weighted by Gasteiger charge is 2.30. The van der Waals surface area contributed by atoms with E-state index in [1.165, 1.54) is 0 Å². The molecule has 0 radical (unpaired) electrons. The van der Waals surface area contributed by atoms with Gasteiger partial charge in [-0.05, 0) is 38.0 Å². The number of hydrogen-bond acceptors (Lipinski definition) is 4. The average Bonchev–Trinajstić information content (AvgIpc) is 2.46. The highest BCUT2D eigenvalue weighted by Crippen LogP contribution is 2.33. The second kappa shape index (κ2) is 7.14. The van der Waals surface area contributed by atoms with Crippen LogP contribution in [0.3, 0.4) is 0 Å². The number of rotatable bonds is 7. The highest BCUT2D eigenvalue weighted by atomic mass is 16.5. The number of carbonyl (C=O) groups is 1. The van der Waals surface area contributed by atoms with Crippen molar-refractivity contribution in [3.05, 3.63) is 23.8 Å². The SMILES string of the molecule is COc1ccc(C(C)(C)C(=O)NCCCO)cc1OC. The van der Waals surface area contributed by atoms with Crippen LogP contribution in [0.4, 0.5) is 0 Å². The van der Waals surface area contributed by atoms with Crippen LogP contribution in [0, 0.1) is 0 Å². The second-order valence-electron chi connectivity index (χ2n) is 5.03. The normalized spacial score (nSPS) is 11.1. The Morgan fingerprint density at radius 3 is 2.45 bits per heavy atom. The molecule has 0 aliphatic carbocycles. The standard InChI is InChI=1S/C15H23NO4/c1-15(2,14(18)16-8-5-9-17)11-6-7-12(19-3)13(10-11)20-4/h6-7,10,17H,5,8-9H2,1-4H3,(H,16,18).